The largest absolute Gasteiger partial charge is 0.485 e. The minimum atomic E-state index is -0.0317. The number of aryl methyl sites for hydroxylation is 1. The van der Waals surface area contributed by atoms with Gasteiger partial charge in [0, 0.05) is 10.9 Å². The molecule has 2 nitrogen and oxygen atoms in total. The van der Waals surface area contributed by atoms with Crippen LogP contribution in [0.3, 0.4) is 0 Å². The number of ether oxygens (including phenoxy) is 1. The minimum absolute atomic E-state index is 0.00162. The van der Waals surface area contributed by atoms with Crippen LogP contribution < -0.4 is 4.74 Å². The highest BCUT2D eigenvalue weighted by atomic mass is 35.5. The topological polar surface area (TPSA) is 26.3 Å². The first-order valence-corrected chi connectivity index (χ1v) is 7.37. The lowest BCUT2D eigenvalue weighted by Crippen LogP contribution is -2.09. The molecule has 0 amide bonds. The van der Waals surface area contributed by atoms with Crippen LogP contribution in [0.2, 0.25) is 10.0 Å². The molecule has 0 saturated heterocycles. The second-order valence-corrected chi connectivity index (χ2v) is 5.89. The molecule has 0 spiro atoms. The van der Waals surface area contributed by atoms with E-state index < -0.39 is 0 Å². The van der Waals surface area contributed by atoms with Crippen molar-refractivity contribution in [1.82, 2.24) is 0 Å². The summed E-state index contributed by atoms with van der Waals surface area (Å²) in [5.41, 5.74) is 0. The average Bonchev–Trinajstić information content (AvgIpc) is 2.88. The molecule has 1 aromatic carbocycles. The number of carbonyl (C=O) groups is 1. The van der Waals surface area contributed by atoms with E-state index in [9.17, 15) is 4.79 Å². The molecule has 2 rings (SSSR count). The van der Waals surface area contributed by atoms with Crippen molar-refractivity contribution < 1.29 is 9.53 Å². The predicted octanol–water partition coefficient (Wildman–Crippen LogP) is 4.88. The third-order valence-electron chi connectivity index (χ3n) is 2.55. The third-order valence-corrected chi connectivity index (χ3v) is 4.56. The maximum Gasteiger partial charge on any atom is 0.210 e. The number of thiophene rings is 1. The van der Waals surface area contributed by atoms with Gasteiger partial charge >= 0.3 is 0 Å². The molecule has 2 aromatic rings. The lowest BCUT2D eigenvalue weighted by atomic mass is 10.3. The second-order valence-electron chi connectivity index (χ2n) is 3.91. The number of hydrogen-bond donors (Lipinski definition) is 0. The zero-order valence-corrected chi connectivity index (χ0v) is 12.6. The van der Waals surface area contributed by atoms with E-state index in [0.717, 1.165) is 11.3 Å². The molecule has 0 N–H and O–H groups in total. The average molecular weight is 315 g/mol. The first kappa shape index (κ1) is 14.4. The number of hydrogen-bond acceptors (Lipinski definition) is 3. The highest BCUT2D eigenvalue weighted by Gasteiger charge is 2.10. The standard InChI is InChI=1S/C14H12Cl2O2S/c1-2-10-4-6-14(19-10)13(17)8-18-9-3-5-11(15)12(16)7-9/h3-7H,2,8H2,1H3. The van der Waals surface area contributed by atoms with Gasteiger partial charge in [-0.2, -0.15) is 0 Å². The van der Waals surface area contributed by atoms with Crippen molar-refractivity contribution in [2.45, 2.75) is 13.3 Å². The number of halogens is 2. The zero-order chi connectivity index (χ0) is 13.8. The Labute approximate surface area is 125 Å². The Balaban J connectivity index is 1.98. The van der Waals surface area contributed by atoms with Gasteiger partial charge in [0.25, 0.3) is 0 Å². The number of ketones is 1. The van der Waals surface area contributed by atoms with E-state index >= 15 is 0 Å². The highest BCUT2D eigenvalue weighted by molar-refractivity contribution is 7.14. The number of carbonyl (C=O) groups excluding carboxylic acids is 1. The fourth-order valence-corrected chi connectivity index (χ4v) is 2.66. The van der Waals surface area contributed by atoms with E-state index in [-0.39, 0.29) is 12.4 Å². The van der Waals surface area contributed by atoms with Gasteiger partial charge in [0.1, 0.15) is 5.75 Å². The molecule has 0 bridgehead atoms. The summed E-state index contributed by atoms with van der Waals surface area (Å²) in [7, 11) is 0. The molecule has 1 aromatic heterocycles. The lowest BCUT2D eigenvalue weighted by molar-refractivity contribution is 0.0925. The van der Waals surface area contributed by atoms with E-state index in [0.29, 0.717) is 15.8 Å². The normalized spacial score (nSPS) is 10.5. The molecule has 0 aliphatic carbocycles. The van der Waals surface area contributed by atoms with Crippen LogP contribution >= 0.6 is 34.5 Å². The molecule has 0 fully saturated rings. The maximum atomic E-state index is 11.9. The Morgan fingerprint density at radius 1 is 1.21 bits per heavy atom. The van der Waals surface area contributed by atoms with Crippen LogP contribution in [0, 0.1) is 0 Å². The van der Waals surface area contributed by atoms with Crippen molar-refractivity contribution in [1.29, 1.82) is 0 Å². The summed E-state index contributed by atoms with van der Waals surface area (Å²) in [6.07, 6.45) is 0.936. The van der Waals surface area contributed by atoms with Gasteiger partial charge in [-0.25, -0.2) is 0 Å². The Bertz CT molecular complexity index is 593. The Kier molecular flexibility index (Phi) is 4.86. The fourth-order valence-electron chi connectivity index (χ4n) is 1.50. The third kappa shape index (κ3) is 3.72. The van der Waals surface area contributed by atoms with Gasteiger partial charge in [-0.15, -0.1) is 11.3 Å². The van der Waals surface area contributed by atoms with Crippen molar-refractivity contribution in [3.8, 4) is 5.75 Å². The molecule has 100 valence electrons. The summed E-state index contributed by atoms with van der Waals surface area (Å²) < 4.78 is 5.41. The van der Waals surface area contributed by atoms with Crippen molar-refractivity contribution in [3.63, 3.8) is 0 Å². The number of benzene rings is 1. The van der Waals surface area contributed by atoms with Crippen LogP contribution in [0.5, 0.6) is 5.75 Å². The number of Topliss-reactive ketones (excluding diaryl/α,β-unsaturated/α-hetero) is 1. The van der Waals surface area contributed by atoms with Gasteiger partial charge < -0.3 is 4.74 Å². The van der Waals surface area contributed by atoms with Crippen LogP contribution in [0.25, 0.3) is 0 Å². The van der Waals surface area contributed by atoms with E-state index in [1.54, 1.807) is 18.2 Å². The summed E-state index contributed by atoms with van der Waals surface area (Å²) in [4.78, 5) is 13.8. The van der Waals surface area contributed by atoms with Gasteiger partial charge in [-0.05, 0) is 30.7 Å². The molecule has 5 heteroatoms. The van der Waals surface area contributed by atoms with E-state index in [1.807, 2.05) is 12.1 Å². The summed E-state index contributed by atoms with van der Waals surface area (Å²) >= 11 is 13.2. The molecular weight excluding hydrogens is 303 g/mol. The molecule has 0 aliphatic rings. The van der Waals surface area contributed by atoms with Gasteiger partial charge in [0.2, 0.25) is 5.78 Å². The SMILES string of the molecule is CCc1ccc(C(=O)COc2ccc(Cl)c(Cl)c2)s1. The van der Waals surface area contributed by atoms with Gasteiger partial charge in [-0.3, -0.25) is 4.79 Å². The predicted molar refractivity (Wildman–Crippen MR) is 80.0 cm³/mol. The van der Waals surface area contributed by atoms with Crippen LogP contribution in [0.4, 0.5) is 0 Å². The van der Waals surface area contributed by atoms with Crippen molar-refractivity contribution in [2.75, 3.05) is 6.61 Å². The maximum absolute atomic E-state index is 11.9. The molecule has 0 saturated carbocycles. The molecule has 0 unspecified atom stereocenters. The number of rotatable bonds is 5. The van der Waals surface area contributed by atoms with Crippen molar-refractivity contribution in [2.24, 2.45) is 0 Å². The highest BCUT2D eigenvalue weighted by Crippen LogP contribution is 2.26. The molecule has 0 atom stereocenters. The van der Waals surface area contributed by atoms with Crippen LogP contribution in [0.1, 0.15) is 21.5 Å². The second kappa shape index (κ2) is 6.42. The summed E-state index contributed by atoms with van der Waals surface area (Å²) in [5, 5.41) is 0.877. The van der Waals surface area contributed by atoms with Gasteiger partial charge in [0.15, 0.2) is 6.61 Å². The first-order valence-electron chi connectivity index (χ1n) is 5.80. The first-order chi connectivity index (χ1) is 9.10. The fraction of sp³-hybridized carbons (Fsp3) is 0.214. The molecular formula is C14H12Cl2O2S. The van der Waals surface area contributed by atoms with Crippen LogP contribution in [-0.2, 0) is 6.42 Å². The van der Waals surface area contributed by atoms with Crippen LogP contribution in [-0.4, -0.2) is 12.4 Å². The van der Waals surface area contributed by atoms with Crippen LogP contribution in [0.15, 0.2) is 30.3 Å². The Morgan fingerprint density at radius 2 is 2.00 bits per heavy atom. The van der Waals surface area contributed by atoms with E-state index in [1.165, 1.54) is 16.2 Å². The van der Waals surface area contributed by atoms with Crippen molar-refractivity contribution >= 4 is 40.3 Å². The monoisotopic (exact) mass is 314 g/mol. The van der Waals surface area contributed by atoms with E-state index in [4.69, 9.17) is 27.9 Å². The summed E-state index contributed by atoms with van der Waals surface area (Å²) in [6, 6.07) is 8.74. The smallest absolute Gasteiger partial charge is 0.210 e. The lowest BCUT2D eigenvalue weighted by Gasteiger charge is -2.05. The quantitative estimate of drug-likeness (QED) is 0.735. The van der Waals surface area contributed by atoms with Gasteiger partial charge in [-0.1, -0.05) is 30.1 Å². The summed E-state index contributed by atoms with van der Waals surface area (Å²) in [6.45, 7) is 2.06. The summed E-state index contributed by atoms with van der Waals surface area (Å²) in [5.74, 6) is 0.505. The zero-order valence-electron chi connectivity index (χ0n) is 10.3. The molecule has 1 heterocycles. The Hall–Kier alpha value is -1.03. The molecule has 19 heavy (non-hydrogen) atoms. The minimum Gasteiger partial charge on any atom is -0.485 e. The molecule has 0 aliphatic heterocycles. The Morgan fingerprint density at radius 3 is 2.63 bits per heavy atom. The van der Waals surface area contributed by atoms with Gasteiger partial charge in [0.05, 0.1) is 14.9 Å². The molecule has 0 radical (unpaired) electrons. The van der Waals surface area contributed by atoms with E-state index in [2.05, 4.69) is 6.92 Å². The van der Waals surface area contributed by atoms with Crippen molar-refractivity contribution in [3.05, 3.63) is 50.1 Å².